The van der Waals surface area contributed by atoms with Gasteiger partial charge in [0.1, 0.15) is 0 Å². The average molecular weight is 556 g/mol. The van der Waals surface area contributed by atoms with Gasteiger partial charge in [0.05, 0.1) is 32.6 Å². The van der Waals surface area contributed by atoms with Crippen LogP contribution in [0.15, 0.2) is 0 Å². The molecule has 2 aliphatic rings. The summed E-state index contributed by atoms with van der Waals surface area (Å²) in [6, 6.07) is -0.781. The van der Waals surface area contributed by atoms with Crippen LogP contribution in [0.5, 0.6) is 0 Å². The average Bonchev–Trinajstić information content (AvgIpc) is 3.12. The second kappa shape index (κ2) is 15.1. The van der Waals surface area contributed by atoms with Crippen molar-refractivity contribution in [2.24, 2.45) is 22.9 Å². The maximum atomic E-state index is 12.8. The number of nitrogens with two attached hydrogens (primary N) is 4. The van der Waals surface area contributed by atoms with Crippen LogP contribution in [0, 0.1) is 0 Å². The number of rotatable bonds is 11. The quantitative estimate of drug-likeness (QED) is 0.174. The first-order valence-corrected chi connectivity index (χ1v) is 12.4. The van der Waals surface area contributed by atoms with E-state index in [0.717, 1.165) is 0 Å². The number of amides is 6. The molecule has 0 aromatic rings. The number of primary amides is 4. The topological polar surface area (TPSA) is 249 Å². The molecule has 2 saturated heterocycles. The molecule has 1 atom stereocenters. The molecule has 39 heavy (non-hydrogen) atoms. The summed E-state index contributed by atoms with van der Waals surface area (Å²) in [5.41, 5.74) is 21.7. The van der Waals surface area contributed by atoms with E-state index in [1.165, 1.54) is 0 Å². The molecule has 2 heterocycles. The molecule has 17 nitrogen and oxygen atoms in total. The first-order chi connectivity index (χ1) is 18.3. The minimum Gasteiger partial charge on any atom is -0.369 e. The Morgan fingerprint density at radius 1 is 0.641 bits per heavy atom. The Balaban J connectivity index is 2.35. The molecule has 0 bridgehead atoms. The summed E-state index contributed by atoms with van der Waals surface area (Å²) >= 11 is 0. The second-order valence-corrected chi connectivity index (χ2v) is 9.53. The van der Waals surface area contributed by atoms with Gasteiger partial charge in [-0.2, -0.15) is 0 Å². The molecular weight excluding hydrogens is 518 g/mol. The van der Waals surface area contributed by atoms with Crippen LogP contribution < -0.4 is 22.9 Å². The van der Waals surface area contributed by atoms with Crippen molar-refractivity contribution in [2.45, 2.75) is 25.3 Å². The first-order valence-electron chi connectivity index (χ1n) is 12.4. The van der Waals surface area contributed by atoms with Crippen LogP contribution in [0.25, 0.3) is 0 Å². The zero-order chi connectivity index (χ0) is 29.1. The van der Waals surface area contributed by atoms with Crippen molar-refractivity contribution in [3.63, 3.8) is 0 Å². The van der Waals surface area contributed by atoms with Crippen LogP contribution in [0.3, 0.4) is 0 Å². The lowest BCUT2D eigenvalue weighted by Gasteiger charge is -2.37. The smallest absolute Gasteiger partial charge is 0.334 e. The molecule has 2 rings (SSSR count). The van der Waals surface area contributed by atoms with Crippen molar-refractivity contribution in [3.8, 4) is 0 Å². The van der Waals surface area contributed by atoms with Gasteiger partial charge in [-0.3, -0.25) is 48.4 Å². The lowest BCUT2D eigenvalue weighted by molar-refractivity contribution is -0.198. The van der Waals surface area contributed by atoms with Gasteiger partial charge in [-0.1, -0.05) is 0 Å². The van der Waals surface area contributed by atoms with Crippen LogP contribution >= 0.6 is 0 Å². The fourth-order valence-corrected chi connectivity index (χ4v) is 4.46. The van der Waals surface area contributed by atoms with Gasteiger partial charge in [0.15, 0.2) is 0 Å². The van der Waals surface area contributed by atoms with Crippen LogP contribution in [-0.2, 0) is 38.4 Å². The Bertz CT molecular complexity index is 946. The molecule has 218 valence electrons. The molecule has 0 spiro atoms. The molecule has 0 aromatic heterocycles. The van der Waals surface area contributed by atoms with Crippen molar-refractivity contribution >= 4 is 41.4 Å². The number of hydrogen-bond donors (Lipinski definition) is 4. The molecule has 0 radical (unpaired) electrons. The van der Waals surface area contributed by atoms with Crippen LogP contribution in [0.1, 0.15) is 19.3 Å². The van der Waals surface area contributed by atoms with E-state index in [0.29, 0.717) is 18.2 Å². The molecule has 8 N–H and O–H groups in total. The minimum atomic E-state index is -0.909. The van der Waals surface area contributed by atoms with E-state index in [2.05, 4.69) is 0 Å². The van der Waals surface area contributed by atoms with Crippen molar-refractivity contribution < 1.29 is 38.4 Å². The van der Waals surface area contributed by atoms with Crippen LogP contribution in [0.4, 0.5) is 0 Å². The maximum absolute atomic E-state index is 12.8. The van der Waals surface area contributed by atoms with Crippen LogP contribution in [0.2, 0.25) is 0 Å². The fraction of sp³-hybridized carbons (Fsp3) is 0.682. The number of hydroxylamine groups is 2. The molecule has 0 saturated carbocycles. The highest BCUT2D eigenvalue weighted by Gasteiger charge is 2.35. The lowest BCUT2D eigenvalue weighted by Crippen LogP contribution is -2.54. The largest absolute Gasteiger partial charge is 0.369 e. The normalized spacial score (nSPS) is 21.2. The van der Waals surface area contributed by atoms with Crippen molar-refractivity contribution in [1.82, 2.24) is 24.7 Å². The van der Waals surface area contributed by atoms with Gasteiger partial charge >= 0.3 is 5.97 Å². The standard InChI is InChI=1S/C22H37N9O8/c23-16(32)11-27-3-4-28(12-17(24)33)7-8-30(14-19(26)35)15(10-29(6-5-27)13-18(25)34)9-22(38)39-31-20(36)1-2-21(31)37/h15H,1-14H2,(H2,23,32)(H2,24,33)(H2,25,34)(H2,26,35). The third-order valence-corrected chi connectivity index (χ3v) is 6.25. The van der Waals surface area contributed by atoms with Gasteiger partial charge in [-0.05, 0) is 0 Å². The number of nitrogens with zero attached hydrogens (tertiary/aromatic N) is 5. The van der Waals surface area contributed by atoms with Gasteiger partial charge in [-0.15, -0.1) is 5.06 Å². The summed E-state index contributed by atoms with van der Waals surface area (Å²) in [4.78, 5) is 95.4. The Morgan fingerprint density at radius 3 is 1.51 bits per heavy atom. The van der Waals surface area contributed by atoms with Crippen molar-refractivity contribution in [1.29, 1.82) is 0 Å². The summed E-state index contributed by atoms with van der Waals surface area (Å²) in [6.07, 6.45) is -0.527. The highest BCUT2D eigenvalue weighted by atomic mass is 16.7. The zero-order valence-corrected chi connectivity index (χ0v) is 21.8. The molecule has 2 fully saturated rings. The number of carbonyl (C=O) groups is 7. The Kier molecular flexibility index (Phi) is 12.2. The summed E-state index contributed by atoms with van der Waals surface area (Å²) in [5, 5.41) is 0.424. The molecule has 6 amide bonds. The highest BCUT2D eigenvalue weighted by Crippen LogP contribution is 2.15. The predicted molar refractivity (Wildman–Crippen MR) is 133 cm³/mol. The molecule has 17 heteroatoms. The van der Waals surface area contributed by atoms with Gasteiger partial charge in [0, 0.05) is 64.7 Å². The third-order valence-electron chi connectivity index (χ3n) is 6.25. The number of carbonyl (C=O) groups excluding carboxylic acids is 7. The molecule has 1 unspecified atom stereocenters. The summed E-state index contributed by atoms with van der Waals surface area (Å²) < 4.78 is 0. The van der Waals surface area contributed by atoms with E-state index < -0.39 is 47.5 Å². The van der Waals surface area contributed by atoms with Gasteiger partial charge in [0.25, 0.3) is 11.8 Å². The molecule has 0 aliphatic carbocycles. The van der Waals surface area contributed by atoms with E-state index in [1.54, 1.807) is 19.6 Å². The SMILES string of the molecule is NC(=O)CN1CCN(CC(N)=O)CCN(CC(N)=O)C(CC(=O)ON2C(=O)CCC2=O)CN(CC(N)=O)CC1. The fourth-order valence-electron chi connectivity index (χ4n) is 4.46. The maximum Gasteiger partial charge on any atom is 0.334 e. The van der Waals surface area contributed by atoms with Gasteiger partial charge < -0.3 is 27.8 Å². The minimum absolute atomic E-state index is 0.0352. The predicted octanol–water partition coefficient (Wildman–Crippen LogP) is -5.48. The Labute approximate surface area is 225 Å². The molecule has 2 aliphatic heterocycles. The molecule has 0 aromatic carbocycles. The Hall–Kier alpha value is -3.67. The van der Waals surface area contributed by atoms with Gasteiger partial charge in [-0.25, -0.2) is 4.79 Å². The first kappa shape index (κ1) is 31.5. The van der Waals surface area contributed by atoms with E-state index in [1.807, 2.05) is 0 Å². The second-order valence-electron chi connectivity index (χ2n) is 9.53. The summed E-state index contributed by atoms with van der Waals surface area (Å²) in [5.74, 6) is -4.69. The number of imide groups is 1. The zero-order valence-electron chi connectivity index (χ0n) is 21.8. The van der Waals surface area contributed by atoms with E-state index >= 15 is 0 Å². The van der Waals surface area contributed by atoms with Crippen LogP contribution in [-0.4, -0.2) is 144 Å². The highest BCUT2D eigenvalue weighted by molar-refractivity contribution is 6.01. The van der Waals surface area contributed by atoms with Gasteiger partial charge in [0.2, 0.25) is 23.6 Å². The summed E-state index contributed by atoms with van der Waals surface area (Å²) in [7, 11) is 0. The van der Waals surface area contributed by atoms with Crippen molar-refractivity contribution in [2.75, 3.05) is 72.0 Å². The monoisotopic (exact) mass is 555 g/mol. The molecular formula is C22H37N9O8. The number of hydrogen-bond acceptors (Lipinski definition) is 12. The summed E-state index contributed by atoms with van der Waals surface area (Å²) in [6.45, 7) is 0.945. The van der Waals surface area contributed by atoms with E-state index in [9.17, 15) is 33.6 Å². The Morgan fingerprint density at radius 2 is 1.05 bits per heavy atom. The van der Waals surface area contributed by atoms with E-state index in [4.69, 9.17) is 27.8 Å². The van der Waals surface area contributed by atoms with E-state index in [-0.39, 0.29) is 78.2 Å². The van der Waals surface area contributed by atoms with Crippen molar-refractivity contribution in [3.05, 3.63) is 0 Å². The lowest BCUT2D eigenvalue weighted by atomic mass is 10.1. The third kappa shape index (κ3) is 11.3.